The van der Waals surface area contributed by atoms with Crippen molar-refractivity contribution in [2.24, 2.45) is 0 Å². The van der Waals surface area contributed by atoms with Crippen molar-refractivity contribution in [1.29, 1.82) is 0 Å². The minimum atomic E-state index is -0.607. The lowest BCUT2D eigenvalue weighted by atomic mass is 9.91. The van der Waals surface area contributed by atoms with Crippen molar-refractivity contribution in [2.75, 3.05) is 0 Å². The summed E-state index contributed by atoms with van der Waals surface area (Å²) >= 11 is 0. The molecule has 1 aliphatic rings. The average molecular weight is 224 g/mol. The van der Waals surface area contributed by atoms with Gasteiger partial charge in [-0.05, 0) is 45.1 Å². The largest absolute Gasteiger partial charge is 0.386 e. The van der Waals surface area contributed by atoms with Gasteiger partial charge >= 0.3 is 0 Å². The molecule has 0 bridgehead atoms. The highest BCUT2D eigenvalue weighted by Gasteiger charge is 2.18. The molecule has 0 saturated carbocycles. The number of hydrogen-bond acceptors (Lipinski definition) is 1. The van der Waals surface area contributed by atoms with Crippen molar-refractivity contribution in [3.8, 4) is 0 Å². The summed E-state index contributed by atoms with van der Waals surface area (Å²) in [5.74, 6) is 0. The summed E-state index contributed by atoms with van der Waals surface area (Å²) in [7, 11) is 0. The lowest BCUT2D eigenvalue weighted by molar-refractivity contribution is 0.115. The molecule has 0 aliphatic heterocycles. The molecule has 16 heavy (non-hydrogen) atoms. The average Bonchev–Trinajstić information content (AvgIpc) is 2.16. The van der Waals surface area contributed by atoms with Crippen LogP contribution in [0.2, 0.25) is 0 Å². The first-order valence-electron chi connectivity index (χ1n) is 7.02. The third-order valence-corrected chi connectivity index (χ3v) is 3.58. The van der Waals surface area contributed by atoms with E-state index in [9.17, 15) is 5.11 Å². The predicted octanol–water partition coefficient (Wildman–Crippen LogP) is 4.60. The van der Waals surface area contributed by atoms with E-state index >= 15 is 0 Å². The van der Waals surface area contributed by atoms with Crippen molar-refractivity contribution in [1.82, 2.24) is 0 Å². The van der Waals surface area contributed by atoms with E-state index in [1.807, 2.05) is 13.8 Å². The first kappa shape index (κ1) is 13.8. The summed E-state index contributed by atoms with van der Waals surface area (Å²) in [5, 5.41) is 10.1. The number of aliphatic hydroxyl groups is 1. The van der Waals surface area contributed by atoms with E-state index in [-0.39, 0.29) is 0 Å². The van der Waals surface area contributed by atoms with Crippen LogP contribution >= 0.6 is 0 Å². The van der Waals surface area contributed by atoms with Crippen molar-refractivity contribution < 1.29 is 5.11 Å². The molecule has 0 atom stereocenters. The molecule has 0 spiro atoms. The minimum Gasteiger partial charge on any atom is -0.386 e. The standard InChI is InChI=1S/C15H28O/c1-15(2,16)14-12-10-8-6-4-3-5-7-9-11-13-14/h12,16H,3-11,13H2,1-2H3/b14-12+. The molecule has 0 fully saturated rings. The fraction of sp³-hybridized carbons (Fsp3) is 0.867. The zero-order chi connectivity index (χ0) is 11.9. The maximum absolute atomic E-state index is 10.1. The van der Waals surface area contributed by atoms with Crippen molar-refractivity contribution >= 4 is 0 Å². The highest BCUT2D eigenvalue weighted by Crippen LogP contribution is 2.24. The van der Waals surface area contributed by atoms with Gasteiger partial charge in [0.25, 0.3) is 0 Å². The number of allylic oxidation sites excluding steroid dienone is 1. The zero-order valence-electron chi connectivity index (χ0n) is 11.1. The highest BCUT2D eigenvalue weighted by atomic mass is 16.3. The Balaban J connectivity index is 2.50. The van der Waals surface area contributed by atoms with Gasteiger partial charge in [0.2, 0.25) is 0 Å². The lowest BCUT2D eigenvalue weighted by Gasteiger charge is -2.22. The Morgan fingerprint density at radius 2 is 1.38 bits per heavy atom. The molecule has 1 aliphatic carbocycles. The Labute approximate surface area is 101 Å². The fourth-order valence-corrected chi connectivity index (χ4v) is 2.45. The molecule has 0 heterocycles. The minimum absolute atomic E-state index is 0.607. The van der Waals surface area contributed by atoms with Crippen LogP contribution in [0.1, 0.15) is 78.1 Å². The molecule has 1 rings (SSSR count). The van der Waals surface area contributed by atoms with Crippen molar-refractivity contribution in [3.05, 3.63) is 11.6 Å². The van der Waals surface area contributed by atoms with Crippen LogP contribution in [0.3, 0.4) is 0 Å². The molecular formula is C15H28O. The Morgan fingerprint density at radius 1 is 0.875 bits per heavy atom. The van der Waals surface area contributed by atoms with Gasteiger partial charge in [-0.3, -0.25) is 0 Å². The van der Waals surface area contributed by atoms with Crippen LogP contribution < -0.4 is 0 Å². The predicted molar refractivity (Wildman–Crippen MR) is 70.6 cm³/mol. The normalized spacial score (nSPS) is 25.1. The van der Waals surface area contributed by atoms with E-state index in [0.29, 0.717) is 0 Å². The summed E-state index contributed by atoms with van der Waals surface area (Å²) < 4.78 is 0. The summed E-state index contributed by atoms with van der Waals surface area (Å²) in [4.78, 5) is 0. The van der Waals surface area contributed by atoms with E-state index in [0.717, 1.165) is 12.8 Å². The van der Waals surface area contributed by atoms with Gasteiger partial charge in [-0.1, -0.05) is 44.6 Å². The molecule has 94 valence electrons. The Morgan fingerprint density at radius 3 is 1.94 bits per heavy atom. The van der Waals surface area contributed by atoms with Crippen LogP contribution in [0.25, 0.3) is 0 Å². The van der Waals surface area contributed by atoms with E-state index in [2.05, 4.69) is 6.08 Å². The van der Waals surface area contributed by atoms with Crippen LogP contribution in [0.4, 0.5) is 0 Å². The first-order valence-corrected chi connectivity index (χ1v) is 7.02. The van der Waals surface area contributed by atoms with Gasteiger partial charge < -0.3 is 5.11 Å². The third kappa shape index (κ3) is 5.69. The second-order valence-electron chi connectivity index (χ2n) is 5.66. The van der Waals surface area contributed by atoms with Gasteiger partial charge in [-0.25, -0.2) is 0 Å². The van der Waals surface area contributed by atoms with Gasteiger partial charge in [0.1, 0.15) is 0 Å². The molecule has 0 amide bonds. The molecule has 0 saturated heterocycles. The summed E-state index contributed by atoms with van der Waals surface area (Å²) in [6.07, 6.45) is 15.3. The van der Waals surface area contributed by atoms with E-state index in [4.69, 9.17) is 0 Å². The lowest BCUT2D eigenvalue weighted by Crippen LogP contribution is -2.22. The Hall–Kier alpha value is -0.300. The van der Waals surface area contributed by atoms with E-state index < -0.39 is 5.60 Å². The van der Waals surface area contributed by atoms with Crippen LogP contribution in [0.5, 0.6) is 0 Å². The first-order chi connectivity index (χ1) is 7.61. The second kappa shape index (κ2) is 7.11. The molecule has 1 nitrogen and oxygen atoms in total. The van der Waals surface area contributed by atoms with E-state index in [1.165, 1.54) is 56.9 Å². The number of hydrogen-bond donors (Lipinski definition) is 1. The van der Waals surface area contributed by atoms with Gasteiger partial charge in [-0.15, -0.1) is 0 Å². The Kier molecular flexibility index (Phi) is 6.12. The molecule has 1 heteroatoms. The molecular weight excluding hydrogens is 196 g/mol. The number of rotatable bonds is 1. The zero-order valence-corrected chi connectivity index (χ0v) is 11.1. The maximum Gasteiger partial charge on any atom is 0.0800 e. The molecule has 0 aromatic carbocycles. The monoisotopic (exact) mass is 224 g/mol. The van der Waals surface area contributed by atoms with Crippen LogP contribution in [0, 0.1) is 0 Å². The molecule has 0 unspecified atom stereocenters. The van der Waals surface area contributed by atoms with Gasteiger partial charge in [0.05, 0.1) is 5.60 Å². The topological polar surface area (TPSA) is 20.2 Å². The smallest absolute Gasteiger partial charge is 0.0800 e. The quantitative estimate of drug-likeness (QED) is 0.645. The Bertz CT molecular complexity index is 210. The van der Waals surface area contributed by atoms with Gasteiger partial charge in [-0.2, -0.15) is 0 Å². The van der Waals surface area contributed by atoms with Gasteiger partial charge in [0, 0.05) is 0 Å². The SMILES string of the molecule is CC(C)(O)/C1=C/CCCCCCCCCC1. The van der Waals surface area contributed by atoms with Gasteiger partial charge in [0.15, 0.2) is 0 Å². The highest BCUT2D eigenvalue weighted by molar-refractivity contribution is 5.13. The summed E-state index contributed by atoms with van der Waals surface area (Å²) in [6.45, 7) is 3.84. The van der Waals surface area contributed by atoms with Crippen LogP contribution in [-0.2, 0) is 0 Å². The second-order valence-corrected chi connectivity index (χ2v) is 5.66. The summed E-state index contributed by atoms with van der Waals surface area (Å²) in [5.41, 5.74) is 0.650. The molecule has 0 aromatic rings. The fourth-order valence-electron chi connectivity index (χ4n) is 2.45. The van der Waals surface area contributed by atoms with Crippen LogP contribution in [0.15, 0.2) is 11.6 Å². The van der Waals surface area contributed by atoms with Crippen molar-refractivity contribution in [3.63, 3.8) is 0 Å². The van der Waals surface area contributed by atoms with E-state index in [1.54, 1.807) is 0 Å². The molecule has 0 radical (unpaired) electrons. The molecule has 0 aromatic heterocycles. The van der Waals surface area contributed by atoms with Crippen LogP contribution in [-0.4, -0.2) is 10.7 Å². The third-order valence-electron chi connectivity index (χ3n) is 3.58. The maximum atomic E-state index is 10.1. The van der Waals surface area contributed by atoms with Crippen molar-refractivity contribution in [2.45, 2.75) is 83.7 Å². The molecule has 1 N–H and O–H groups in total. The summed E-state index contributed by atoms with van der Waals surface area (Å²) in [6, 6.07) is 0.